The zero-order chi connectivity index (χ0) is 13.7. The molecule has 2 unspecified atom stereocenters. The highest BCUT2D eigenvalue weighted by Gasteiger charge is 2.23. The van der Waals surface area contributed by atoms with Crippen molar-refractivity contribution >= 4 is 11.8 Å². The molecule has 1 aromatic carbocycles. The number of thioether (sulfide) groups is 1. The summed E-state index contributed by atoms with van der Waals surface area (Å²) in [7, 11) is 0. The quantitative estimate of drug-likeness (QED) is 0.817. The van der Waals surface area contributed by atoms with E-state index in [1.807, 2.05) is 0 Å². The minimum atomic E-state index is 0.628. The molecule has 0 aromatic heterocycles. The number of hydrogen-bond donors (Lipinski definition) is 1. The number of rotatable bonds is 6. The van der Waals surface area contributed by atoms with E-state index in [-0.39, 0.29) is 0 Å². The largest absolute Gasteiger partial charge is 0.310 e. The maximum Gasteiger partial charge on any atom is 0.0208 e. The first kappa shape index (κ1) is 14.9. The smallest absolute Gasteiger partial charge is 0.0208 e. The van der Waals surface area contributed by atoms with E-state index in [9.17, 15) is 0 Å². The van der Waals surface area contributed by atoms with Crippen molar-refractivity contribution in [1.82, 2.24) is 5.32 Å². The Morgan fingerprint density at radius 1 is 1.21 bits per heavy atom. The van der Waals surface area contributed by atoms with Crippen molar-refractivity contribution in [2.24, 2.45) is 0 Å². The summed E-state index contributed by atoms with van der Waals surface area (Å²) in [5.74, 6) is 1.89. The van der Waals surface area contributed by atoms with Gasteiger partial charge in [-0.2, -0.15) is 11.8 Å². The fourth-order valence-corrected chi connectivity index (χ4v) is 3.94. The van der Waals surface area contributed by atoms with Crippen LogP contribution in [0.25, 0.3) is 0 Å². The maximum atomic E-state index is 3.72. The van der Waals surface area contributed by atoms with Gasteiger partial charge in [-0.3, -0.25) is 0 Å². The molecule has 0 heterocycles. The molecule has 19 heavy (non-hydrogen) atoms. The van der Waals surface area contributed by atoms with Gasteiger partial charge < -0.3 is 5.32 Å². The molecule has 1 aromatic rings. The van der Waals surface area contributed by atoms with Gasteiger partial charge in [0.05, 0.1) is 0 Å². The van der Waals surface area contributed by atoms with E-state index in [4.69, 9.17) is 0 Å². The van der Waals surface area contributed by atoms with Crippen molar-refractivity contribution in [2.45, 2.75) is 63.8 Å². The van der Waals surface area contributed by atoms with Gasteiger partial charge in [0.15, 0.2) is 0 Å². The SMILES string of the molecule is CCSC1CCC(NCc2ccc(C(C)C)cc2)C1. The number of nitrogens with one attached hydrogen (secondary N) is 1. The van der Waals surface area contributed by atoms with Gasteiger partial charge >= 0.3 is 0 Å². The number of benzene rings is 1. The molecule has 0 saturated heterocycles. The van der Waals surface area contributed by atoms with E-state index in [0.717, 1.165) is 17.8 Å². The van der Waals surface area contributed by atoms with Gasteiger partial charge in [-0.05, 0) is 42.1 Å². The summed E-state index contributed by atoms with van der Waals surface area (Å²) >= 11 is 2.13. The van der Waals surface area contributed by atoms with Crippen LogP contribution in [0.1, 0.15) is 57.1 Å². The predicted molar refractivity (Wildman–Crippen MR) is 86.9 cm³/mol. The van der Waals surface area contributed by atoms with Crippen LogP contribution in [0, 0.1) is 0 Å². The topological polar surface area (TPSA) is 12.0 Å². The highest BCUT2D eigenvalue weighted by Crippen LogP contribution is 2.29. The summed E-state index contributed by atoms with van der Waals surface area (Å²) in [6, 6.07) is 9.82. The summed E-state index contributed by atoms with van der Waals surface area (Å²) in [6.07, 6.45) is 4.09. The molecular weight excluding hydrogens is 250 g/mol. The van der Waals surface area contributed by atoms with Gasteiger partial charge in [0, 0.05) is 17.8 Å². The summed E-state index contributed by atoms with van der Waals surface area (Å²) in [4.78, 5) is 0. The van der Waals surface area contributed by atoms with Gasteiger partial charge in [0.25, 0.3) is 0 Å². The van der Waals surface area contributed by atoms with Crippen LogP contribution < -0.4 is 5.32 Å². The van der Waals surface area contributed by atoms with E-state index in [0.29, 0.717) is 5.92 Å². The molecule has 1 saturated carbocycles. The lowest BCUT2D eigenvalue weighted by Crippen LogP contribution is -2.26. The van der Waals surface area contributed by atoms with Crippen molar-refractivity contribution < 1.29 is 0 Å². The minimum Gasteiger partial charge on any atom is -0.310 e. The summed E-state index contributed by atoms with van der Waals surface area (Å²) < 4.78 is 0. The van der Waals surface area contributed by atoms with E-state index < -0.39 is 0 Å². The first-order valence-corrected chi connectivity index (χ1v) is 8.67. The normalized spacial score (nSPS) is 23.2. The Morgan fingerprint density at radius 2 is 1.95 bits per heavy atom. The molecule has 106 valence electrons. The van der Waals surface area contributed by atoms with Crippen LogP contribution in [0.2, 0.25) is 0 Å². The van der Waals surface area contributed by atoms with Gasteiger partial charge in [-0.25, -0.2) is 0 Å². The highest BCUT2D eigenvalue weighted by atomic mass is 32.2. The zero-order valence-corrected chi connectivity index (χ0v) is 13.3. The molecule has 1 nitrogen and oxygen atoms in total. The second-order valence-corrected chi connectivity index (χ2v) is 7.44. The van der Waals surface area contributed by atoms with Crippen LogP contribution in [-0.4, -0.2) is 17.0 Å². The van der Waals surface area contributed by atoms with Gasteiger partial charge in [-0.15, -0.1) is 0 Å². The predicted octanol–water partition coefficient (Wildman–Crippen LogP) is 4.57. The molecule has 0 spiro atoms. The average molecular weight is 277 g/mol. The summed E-state index contributed by atoms with van der Waals surface area (Å²) in [5.41, 5.74) is 2.85. The maximum absolute atomic E-state index is 3.72. The van der Waals surface area contributed by atoms with Gasteiger partial charge in [0.1, 0.15) is 0 Å². The van der Waals surface area contributed by atoms with Crippen LogP contribution in [0.5, 0.6) is 0 Å². The van der Waals surface area contributed by atoms with Crippen molar-refractivity contribution in [1.29, 1.82) is 0 Å². The molecule has 2 heteroatoms. The molecule has 2 rings (SSSR count). The first-order chi connectivity index (χ1) is 9.19. The van der Waals surface area contributed by atoms with Crippen molar-refractivity contribution in [3.05, 3.63) is 35.4 Å². The van der Waals surface area contributed by atoms with Gasteiger partial charge in [-0.1, -0.05) is 45.0 Å². The van der Waals surface area contributed by atoms with E-state index in [1.165, 1.54) is 36.1 Å². The van der Waals surface area contributed by atoms with E-state index in [1.54, 1.807) is 0 Å². The second kappa shape index (κ2) is 7.35. The van der Waals surface area contributed by atoms with Crippen LogP contribution in [-0.2, 0) is 6.54 Å². The third-order valence-electron chi connectivity index (χ3n) is 4.03. The molecular formula is C17H27NS. The van der Waals surface area contributed by atoms with E-state index in [2.05, 4.69) is 62.1 Å². The minimum absolute atomic E-state index is 0.628. The molecule has 1 aliphatic carbocycles. The van der Waals surface area contributed by atoms with E-state index >= 15 is 0 Å². The van der Waals surface area contributed by atoms with Crippen LogP contribution in [0.3, 0.4) is 0 Å². The molecule has 0 bridgehead atoms. The first-order valence-electron chi connectivity index (χ1n) is 7.63. The molecule has 0 amide bonds. The lowest BCUT2D eigenvalue weighted by atomic mass is 10.0. The third-order valence-corrected chi connectivity index (χ3v) is 5.26. The van der Waals surface area contributed by atoms with Crippen LogP contribution in [0.4, 0.5) is 0 Å². The Bertz CT molecular complexity index is 371. The zero-order valence-electron chi connectivity index (χ0n) is 12.5. The molecule has 1 N–H and O–H groups in total. The molecule has 2 atom stereocenters. The Kier molecular flexibility index (Phi) is 5.77. The summed E-state index contributed by atoms with van der Waals surface area (Å²) in [5, 5.41) is 4.62. The molecule has 0 aliphatic heterocycles. The summed E-state index contributed by atoms with van der Waals surface area (Å²) in [6.45, 7) is 7.78. The Morgan fingerprint density at radius 3 is 2.58 bits per heavy atom. The lowest BCUT2D eigenvalue weighted by Gasteiger charge is -2.13. The van der Waals surface area contributed by atoms with Crippen molar-refractivity contribution in [2.75, 3.05) is 5.75 Å². The Hall–Kier alpha value is -0.470. The highest BCUT2D eigenvalue weighted by molar-refractivity contribution is 7.99. The Balaban J connectivity index is 1.76. The lowest BCUT2D eigenvalue weighted by molar-refractivity contribution is 0.525. The second-order valence-electron chi connectivity index (χ2n) is 5.86. The fraction of sp³-hybridized carbons (Fsp3) is 0.647. The van der Waals surface area contributed by atoms with Gasteiger partial charge in [0.2, 0.25) is 0 Å². The fourth-order valence-electron chi connectivity index (χ4n) is 2.80. The van der Waals surface area contributed by atoms with Crippen molar-refractivity contribution in [3.63, 3.8) is 0 Å². The number of hydrogen-bond acceptors (Lipinski definition) is 2. The molecule has 1 aliphatic rings. The van der Waals surface area contributed by atoms with Crippen molar-refractivity contribution in [3.8, 4) is 0 Å². The molecule has 0 radical (unpaired) electrons. The standard InChI is InChI=1S/C17H27NS/c1-4-19-17-10-9-16(11-17)18-12-14-5-7-15(8-6-14)13(2)3/h5-8,13,16-18H,4,9-12H2,1-3H3. The monoisotopic (exact) mass is 277 g/mol. The molecule has 1 fully saturated rings. The third kappa shape index (κ3) is 4.54. The Labute approximate surface area is 122 Å². The van der Waals surface area contributed by atoms with Crippen LogP contribution in [0.15, 0.2) is 24.3 Å². The van der Waals surface area contributed by atoms with Crippen LogP contribution >= 0.6 is 11.8 Å². The average Bonchev–Trinajstić information content (AvgIpc) is 2.85.